The number of benzene rings is 1. The smallest absolute Gasteiger partial charge is 0.237 e. The summed E-state index contributed by atoms with van der Waals surface area (Å²) in [6, 6.07) is 7.82. The molecule has 1 saturated heterocycles. The fourth-order valence-electron chi connectivity index (χ4n) is 2.43. The first-order valence-corrected chi connectivity index (χ1v) is 7.38. The molecule has 0 bridgehead atoms. The predicted octanol–water partition coefficient (Wildman–Crippen LogP) is 1.64. The summed E-state index contributed by atoms with van der Waals surface area (Å²) in [7, 11) is 1.65. The summed E-state index contributed by atoms with van der Waals surface area (Å²) in [6.45, 7) is 5.26. The van der Waals surface area contributed by atoms with Gasteiger partial charge < -0.3 is 14.8 Å². The molecule has 1 aliphatic rings. The maximum atomic E-state index is 12.1. The van der Waals surface area contributed by atoms with Crippen LogP contribution in [-0.4, -0.2) is 38.3 Å². The van der Waals surface area contributed by atoms with E-state index in [9.17, 15) is 4.79 Å². The van der Waals surface area contributed by atoms with Gasteiger partial charge in [0.25, 0.3) is 0 Å². The fourth-order valence-corrected chi connectivity index (χ4v) is 2.43. The molecule has 2 N–H and O–H groups in total. The van der Waals surface area contributed by atoms with Crippen molar-refractivity contribution in [1.82, 2.24) is 10.6 Å². The lowest BCUT2D eigenvalue weighted by molar-refractivity contribution is -0.123. The second-order valence-electron chi connectivity index (χ2n) is 5.46. The molecule has 0 spiro atoms. The van der Waals surface area contributed by atoms with Crippen LogP contribution in [0, 0.1) is 0 Å². The number of hydrogen-bond donors (Lipinski definition) is 2. The summed E-state index contributed by atoms with van der Waals surface area (Å²) >= 11 is 0. The van der Waals surface area contributed by atoms with E-state index in [0.717, 1.165) is 24.3 Å². The Hall–Kier alpha value is -1.59. The average molecular weight is 292 g/mol. The van der Waals surface area contributed by atoms with Crippen LogP contribution >= 0.6 is 0 Å². The maximum absolute atomic E-state index is 12.1. The summed E-state index contributed by atoms with van der Waals surface area (Å²) in [4.78, 5) is 12.1. The van der Waals surface area contributed by atoms with Gasteiger partial charge in [-0.1, -0.05) is 12.1 Å². The van der Waals surface area contributed by atoms with Gasteiger partial charge in [-0.3, -0.25) is 10.1 Å². The van der Waals surface area contributed by atoms with Crippen molar-refractivity contribution in [3.8, 4) is 5.75 Å². The van der Waals surface area contributed by atoms with Gasteiger partial charge >= 0.3 is 0 Å². The van der Waals surface area contributed by atoms with E-state index in [2.05, 4.69) is 10.6 Å². The van der Waals surface area contributed by atoms with Crippen LogP contribution in [0.3, 0.4) is 0 Å². The second kappa shape index (κ2) is 7.43. The number of amides is 1. The highest BCUT2D eigenvalue weighted by molar-refractivity contribution is 5.81. The van der Waals surface area contributed by atoms with Gasteiger partial charge in [0.15, 0.2) is 0 Å². The predicted molar refractivity (Wildman–Crippen MR) is 81.4 cm³/mol. The van der Waals surface area contributed by atoms with Crippen molar-refractivity contribution in [2.24, 2.45) is 0 Å². The molecule has 0 aliphatic carbocycles. The van der Waals surface area contributed by atoms with Crippen LogP contribution in [-0.2, 0) is 9.53 Å². The molecule has 0 aromatic heterocycles. The van der Waals surface area contributed by atoms with Gasteiger partial charge in [-0.2, -0.15) is 0 Å². The van der Waals surface area contributed by atoms with E-state index < -0.39 is 0 Å². The molecule has 0 saturated carbocycles. The van der Waals surface area contributed by atoms with Gasteiger partial charge in [0.05, 0.1) is 25.8 Å². The molecule has 1 aliphatic heterocycles. The van der Waals surface area contributed by atoms with Crippen molar-refractivity contribution in [1.29, 1.82) is 0 Å². The van der Waals surface area contributed by atoms with Crippen LogP contribution in [0.1, 0.15) is 31.9 Å². The van der Waals surface area contributed by atoms with E-state index in [4.69, 9.17) is 9.47 Å². The third-order valence-corrected chi connectivity index (χ3v) is 3.76. The zero-order valence-corrected chi connectivity index (χ0v) is 12.9. The fraction of sp³-hybridized carbons (Fsp3) is 0.562. The number of carbonyl (C=O) groups excluding carboxylic acids is 1. The monoisotopic (exact) mass is 292 g/mol. The minimum absolute atomic E-state index is 0.0141. The molecule has 1 aromatic rings. The van der Waals surface area contributed by atoms with Crippen LogP contribution in [0.4, 0.5) is 0 Å². The molecule has 3 unspecified atom stereocenters. The summed E-state index contributed by atoms with van der Waals surface area (Å²) in [5.74, 6) is 0.835. The number of ether oxygens (including phenoxy) is 2. The number of methoxy groups -OCH3 is 1. The molecule has 3 atom stereocenters. The summed E-state index contributed by atoms with van der Waals surface area (Å²) in [5, 5.41) is 6.32. The minimum atomic E-state index is -0.258. The van der Waals surface area contributed by atoms with Gasteiger partial charge in [0.2, 0.25) is 5.91 Å². The van der Waals surface area contributed by atoms with Crippen LogP contribution in [0.2, 0.25) is 0 Å². The van der Waals surface area contributed by atoms with Crippen molar-refractivity contribution in [2.45, 2.75) is 38.4 Å². The topological polar surface area (TPSA) is 59.6 Å². The van der Waals surface area contributed by atoms with Gasteiger partial charge in [-0.05, 0) is 38.0 Å². The number of nitrogens with one attached hydrogen (secondary N) is 2. The van der Waals surface area contributed by atoms with Crippen molar-refractivity contribution in [3.05, 3.63) is 29.8 Å². The van der Waals surface area contributed by atoms with Crippen LogP contribution in [0.25, 0.3) is 0 Å². The Morgan fingerprint density at radius 3 is 2.90 bits per heavy atom. The standard InChI is InChI=1S/C16H24N2O3/c1-11(13-5-4-6-15(9-13)20-3)17-12(2)16(19)18-14-7-8-21-10-14/h4-6,9,11-12,14,17H,7-8,10H2,1-3H3,(H,18,19). The molecule has 2 rings (SSSR count). The van der Waals surface area contributed by atoms with E-state index in [1.54, 1.807) is 7.11 Å². The second-order valence-corrected chi connectivity index (χ2v) is 5.46. The van der Waals surface area contributed by atoms with E-state index in [0.29, 0.717) is 6.61 Å². The average Bonchev–Trinajstić information content (AvgIpc) is 3.00. The Morgan fingerprint density at radius 1 is 1.43 bits per heavy atom. The molecule has 1 heterocycles. The van der Waals surface area contributed by atoms with Crippen molar-refractivity contribution < 1.29 is 14.3 Å². The van der Waals surface area contributed by atoms with Crippen molar-refractivity contribution >= 4 is 5.91 Å². The SMILES string of the molecule is COc1cccc(C(C)NC(C)C(=O)NC2CCOC2)c1. The Labute approximate surface area is 126 Å². The van der Waals surface area contributed by atoms with Gasteiger partial charge in [0, 0.05) is 12.6 Å². The highest BCUT2D eigenvalue weighted by Gasteiger charge is 2.22. The Balaban J connectivity index is 1.88. The van der Waals surface area contributed by atoms with E-state index in [1.165, 1.54) is 0 Å². The van der Waals surface area contributed by atoms with Crippen molar-refractivity contribution in [2.75, 3.05) is 20.3 Å². The van der Waals surface area contributed by atoms with Crippen LogP contribution < -0.4 is 15.4 Å². The molecule has 0 radical (unpaired) electrons. The molecule has 1 fully saturated rings. The van der Waals surface area contributed by atoms with Gasteiger partial charge in [-0.25, -0.2) is 0 Å². The molecule has 21 heavy (non-hydrogen) atoms. The highest BCUT2D eigenvalue weighted by atomic mass is 16.5. The summed E-state index contributed by atoms with van der Waals surface area (Å²) in [6.07, 6.45) is 0.893. The Kier molecular flexibility index (Phi) is 5.59. The van der Waals surface area contributed by atoms with Gasteiger partial charge in [0.1, 0.15) is 5.75 Å². The zero-order chi connectivity index (χ0) is 15.2. The quantitative estimate of drug-likeness (QED) is 0.837. The number of rotatable bonds is 6. The number of carbonyl (C=O) groups is 1. The Bertz CT molecular complexity index is 472. The summed E-state index contributed by atoms with van der Waals surface area (Å²) < 4.78 is 10.5. The van der Waals surface area contributed by atoms with Gasteiger partial charge in [-0.15, -0.1) is 0 Å². The lowest BCUT2D eigenvalue weighted by Gasteiger charge is -2.21. The third kappa shape index (κ3) is 4.44. The largest absolute Gasteiger partial charge is 0.497 e. The van der Waals surface area contributed by atoms with E-state index in [1.807, 2.05) is 38.1 Å². The Morgan fingerprint density at radius 2 is 2.24 bits per heavy atom. The lowest BCUT2D eigenvalue weighted by Crippen LogP contribution is -2.47. The van der Waals surface area contributed by atoms with Crippen molar-refractivity contribution in [3.63, 3.8) is 0 Å². The normalized spacial score (nSPS) is 20.8. The highest BCUT2D eigenvalue weighted by Crippen LogP contribution is 2.19. The first-order chi connectivity index (χ1) is 10.1. The van der Waals surface area contributed by atoms with E-state index >= 15 is 0 Å². The number of hydrogen-bond acceptors (Lipinski definition) is 4. The first-order valence-electron chi connectivity index (χ1n) is 7.38. The van der Waals surface area contributed by atoms with Crippen LogP contribution in [0.15, 0.2) is 24.3 Å². The molecule has 5 nitrogen and oxygen atoms in total. The summed E-state index contributed by atoms with van der Waals surface area (Å²) in [5.41, 5.74) is 1.10. The molecule has 1 aromatic carbocycles. The molecule has 116 valence electrons. The third-order valence-electron chi connectivity index (χ3n) is 3.76. The zero-order valence-electron chi connectivity index (χ0n) is 12.9. The maximum Gasteiger partial charge on any atom is 0.237 e. The first kappa shape index (κ1) is 15.8. The molecular weight excluding hydrogens is 268 g/mol. The van der Waals surface area contributed by atoms with E-state index in [-0.39, 0.29) is 24.0 Å². The van der Waals surface area contributed by atoms with Crippen LogP contribution in [0.5, 0.6) is 5.75 Å². The lowest BCUT2D eigenvalue weighted by atomic mass is 10.1. The molecule has 1 amide bonds. The molecular formula is C16H24N2O3. The molecule has 5 heteroatoms. The minimum Gasteiger partial charge on any atom is -0.497 e.